The number of nitrogens with one attached hydrogen (secondary N) is 1. The second kappa shape index (κ2) is 6.98. The van der Waals surface area contributed by atoms with Gasteiger partial charge in [0.2, 0.25) is 0 Å². The predicted molar refractivity (Wildman–Crippen MR) is 89.9 cm³/mol. The zero-order chi connectivity index (χ0) is 17.0. The fourth-order valence-electron chi connectivity index (χ4n) is 3.06. The number of nitrogens with zero attached hydrogens (tertiary/aromatic N) is 2. The molecule has 1 fully saturated rings. The molecule has 0 bridgehead atoms. The Kier molecular flexibility index (Phi) is 4.78. The van der Waals surface area contributed by atoms with Crippen molar-refractivity contribution in [3.05, 3.63) is 59.9 Å². The summed E-state index contributed by atoms with van der Waals surface area (Å²) in [7, 11) is 0. The molecule has 1 aliphatic heterocycles. The van der Waals surface area contributed by atoms with Crippen LogP contribution in [0.4, 0.5) is 5.69 Å². The minimum atomic E-state index is -0.787. The smallest absolute Gasteiger partial charge is 0.253 e. The number of piperidine rings is 1. The van der Waals surface area contributed by atoms with E-state index in [0.29, 0.717) is 43.6 Å². The third-order valence-corrected chi connectivity index (χ3v) is 4.50. The molecule has 0 spiro atoms. The largest absolute Gasteiger partial charge is 0.389 e. The van der Waals surface area contributed by atoms with E-state index in [1.807, 2.05) is 17.6 Å². The van der Waals surface area contributed by atoms with E-state index in [4.69, 9.17) is 5.21 Å². The number of pyridine rings is 1. The van der Waals surface area contributed by atoms with Gasteiger partial charge in [-0.2, -0.15) is 0 Å². The first-order valence-electron chi connectivity index (χ1n) is 8.00. The molecule has 0 aliphatic carbocycles. The van der Waals surface area contributed by atoms with E-state index in [-0.39, 0.29) is 5.91 Å². The number of anilines is 1. The van der Waals surface area contributed by atoms with E-state index in [0.717, 1.165) is 5.56 Å². The third-order valence-electron chi connectivity index (χ3n) is 4.50. The number of amides is 1. The molecule has 1 amide bonds. The molecule has 1 aromatic carbocycles. The molecule has 2 heterocycles. The lowest BCUT2D eigenvalue weighted by atomic mass is 9.85. The number of benzene rings is 1. The van der Waals surface area contributed by atoms with E-state index in [9.17, 15) is 9.90 Å². The second-order valence-corrected chi connectivity index (χ2v) is 6.24. The van der Waals surface area contributed by atoms with Crippen LogP contribution < -0.4 is 5.48 Å². The summed E-state index contributed by atoms with van der Waals surface area (Å²) in [5, 5.41) is 19.6. The summed E-state index contributed by atoms with van der Waals surface area (Å²) in [6, 6.07) is 10.5. The average Bonchev–Trinajstić information content (AvgIpc) is 2.62. The predicted octanol–water partition coefficient (Wildman–Crippen LogP) is 2.09. The summed E-state index contributed by atoms with van der Waals surface area (Å²) in [5.41, 5.74) is 3.38. The first kappa shape index (κ1) is 16.4. The summed E-state index contributed by atoms with van der Waals surface area (Å²) in [4.78, 5) is 18.4. The van der Waals surface area contributed by atoms with Gasteiger partial charge < -0.3 is 10.0 Å². The van der Waals surface area contributed by atoms with Gasteiger partial charge in [-0.1, -0.05) is 6.07 Å². The first-order valence-corrected chi connectivity index (χ1v) is 8.00. The Morgan fingerprint density at radius 2 is 1.92 bits per heavy atom. The maximum Gasteiger partial charge on any atom is 0.253 e. The maximum atomic E-state index is 12.5. The van der Waals surface area contributed by atoms with Gasteiger partial charge >= 0.3 is 0 Å². The molecule has 0 atom stereocenters. The molecule has 126 valence electrons. The number of carbonyl (C=O) groups excluding carboxylic acids is 1. The number of hydrogen-bond donors (Lipinski definition) is 3. The van der Waals surface area contributed by atoms with Crippen LogP contribution in [-0.4, -0.2) is 44.8 Å². The number of likely N-dealkylation sites (tertiary alicyclic amines) is 1. The summed E-state index contributed by atoms with van der Waals surface area (Å²) in [6.45, 7) is 1.05. The van der Waals surface area contributed by atoms with Crippen molar-refractivity contribution in [2.24, 2.45) is 0 Å². The highest BCUT2D eigenvalue weighted by atomic mass is 16.5. The second-order valence-electron chi connectivity index (χ2n) is 6.24. The van der Waals surface area contributed by atoms with Crippen LogP contribution in [0, 0.1) is 0 Å². The maximum absolute atomic E-state index is 12.5. The zero-order valence-corrected chi connectivity index (χ0v) is 13.4. The Balaban J connectivity index is 1.60. The monoisotopic (exact) mass is 327 g/mol. The van der Waals surface area contributed by atoms with Crippen LogP contribution in [-0.2, 0) is 6.42 Å². The number of aromatic nitrogens is 1. The molecular formula is C18H21N3O3. The number of carbonyl (C=O) groups is 1. The molecule has 1 aromatic heterocycles. The van der Waals surface area contributed by atoms with Crippen LogP contribution in [0.2, 0.25) is 0 Å². The number of hydrogen-bond acceptors (Lipinski definition) is 5. The number of aliphatic hydroxyl groups is 1. The van der Waals surface area contributed by atoms with Crippen LogP contribution in [0.25, 0.3) is 0 Å². The van der Waals surface area contributed by atoms with Gasteiger partial charge in [0, 0.05) is 37.5 Å². The molecule has 6 nitrogen and oxygen atoms in total. The minimum Gasteiger partial charge on any atom is -0.389 e. The van der Waals surface area contributed by atoms with Crippen molar-refractivity contribution in [3.8, 4) is 0 Å². The van der Waals surface area contributed by atoms with Gasteiger partial charge in [0.25, 0.3) is 5.91 Å². The van der Waals surface area contributed by atoms with Gasteiger partial charge in [0.1, 0.15) is 0 Å². The molecule has 3 N–H and O–H groups in total. The van der Waals surface area contributed by atoms with E-state index >= 15 is 0 Å². The zero-order valence-electron chi connectivity index (χ0n) is 13.4. The van der Waals surface area contributed by atoms with Crippen molar-refractivity contribution >= 4 is 11.6 Å². The highest BCUT2D eigenvalue weighted by Crippen LogP contribution is 2.27. The van der Waals surface area contributed by atoms with E-state index < -0.39 is 5.60 Å². The average molecular weight is 327 g/mol. The molecule has 24 heavy (non-hydrogen) atoms. The molecule has 0 radical (unpaired) electrons. The summed E-state index contributed by atoms with van der Waals surface area (Å²) in [6.07, 6.45) is 5.13. The molecule has 0 saturated carbocycles. The third kappa shape index (κ3) is 3.72. The SMILES string of the molecule is O=C(c1ccc(NO)cc1)N1CCC(O)(Cc2cccnc2)CC1. The van der Waals surface area contributed by atoms with E-state index in [1.54, 1.807) is 41.6 Å². The van der Waals surface area contributed by atoms with Gasteiger partial charge in [0.05, 0.1) is 11.3 Å². The number of rotatable bonds is 4. The van der Waals surface area contributed by atoms with Crippen LogP contribution >= 0.6 is 0 Å². The van der Waals surface area contributed by atoms with Gasteiger partial charge in [-0.3, -0.25) is 20.5 Å². The Morgan fingerprint density at radius 3 is 2.50 bits per heavy atom. The Hall–Kier alpha value is -2.44. The van der Waals surface area contributed by atoms with Crippen molar-refractivity contribution in [3.63, 3.8) is 0 Å². The standard InChI is InChI=1S/C18H21N3O3/c22-17(15-3-5-16(20-24)6-4-15)21-10-7-18(23,8-11-21)12-14-2-1-9-19-13-14/h1-6,9,13,20,23-24H,7-8,10-12H2. The highest BCUT2D eigenvalue weighted by Gasteiger charge is 2.34. The lowest BCUT2D eigenvalue weighted by Crippen LogP contribution is -2.47. The summed E-state index contributed by atoms with van der Waals surface area (Å²) in [5.74, 6) is -0.0529. The van der Waals surface area contributed by atoms with Crippen molar-refractivity contribution < 1.29 is 15.1 Å². The van der Waals surface area contributed by atoms with Crippen molar-refractivity contribution in [1.82, 2.24) is 9.88 Å². The summed E-state index contributed by atoms with van der Waals surface area (Å²) < 4.78 is 0. The molecule has 6 heteroatoms. The fraction of sp³-hybridized carbons (Fsp3) is 0.333. The highest BCUT2D eigenvalue weighted by molar-refractivity contribution is 5.94. The van der Waals surface area contributed by atoms with Crippen LogP contribution in [0.1, 0.15) is 28.8 Å². The first-order chi connectivity index (χ1) is 11.6. The van der Waals surface area contributed by atoms with Crippen LogP contribution in [0.15, 0.2) is 48.8 Å². The normalized spacial score (nSPS) is 16.7. The van der Waals surface area contributed by atoms with E-state index in [1.165, 1.54) is 0 Å². The molecular weight excluding hydrogens is 306 g/mol. The van der Waals surface area contributed by atoms with Gasteiger partial charge in [-0.05, 0) is 48.7 Å². The lowest BCUT2D eigenvalue weighted by Gasteiger charge is -2.38. The van der Waals surface area contributed by atoms with E-state index in [2.05, 4.69) is 4.98 Å². The minimum absolute atomic E-state index is 0.0529. The topological polar surface area (TPSA) is 85.7 Å². The molecule has 2 aromatic rings. The fourth-order valence-corrected chi connectivity index (χ4v) is 3.06. The Bertz CT molecular complexity index is 680. The van der Waals surface area contributed by atoms with Gasteiger partial charge in [0.15, 0.2) is 0 Å². The van der Waals surface area contributed by atoms with Gasteiger partial charge in [-0.15, -0.1) is 0 Å². The molecule has 1 saturated heterocycles. The van der Waals surface area contributed by atoms with Crippen LogP contribution in [0.3, 0.4) is 0 Å². The lowest BCUT2D eigenvalue weighted by molar-refractivity contribution is -0.0162. The van der Waals surface area contributed by atoms with Crippen molar-refractivity contribution in [2.45, 2.75) is 24.9 Å². The molecule has 0 unspecified atom stereocenters. The van der Waals surface area contributed by atoms with Crippen LogP contribution in [0.5, 0.6) is 0 Å². The van der Waals surface area contributed by atoms with Gasteiger partial charge in [-0.25, -0.2) is 0 Å². The van der Waals surface area contributed by atoms with Crippen molar-refractivity contribution in [1.29, 1.82) is 0 Å². The quantitative estimate of drug-likeness (QED) is 0.749. The Morgan fingerprint density at radius 1 is 1.21 bits per heavy atom. The van der Waals surface area contributed by atoms with Crippen molar-refractivity contribution in [2.75, 3.05) is 18.6 Å². The Labute approximate surface area is 140 Å². The summed E-state index contributed by atoms with van der Waals surface area (Å²) >= 11 is 0. The molecule has 3 rings (SSSR count). The molecule has 1 aliphatic rings.